The lowest BCUT2D eigenvalue weighted by molar-refractivity contribution is -0.671. The first kappa shape index (κ1) is 28.6. The fraction of sp³-hybridized carbons (Fsp3) is 0.0690. The van der Waals surface area contributed by atoms with E-state index in [1.807, 2.05) is 122 Å². The molecule has 7 nitrogen and oxygen atoms in total. The quantitative estimate of drug-likeness (QED) is 0.140. The van der Waals surface area contributed by atoms with E-state index in [0.717, 1.165) is 33.7 Å². The monoisotopic (exact) mass is 634 g/mol. The summed E-state index contributed by atoms with van der Waals surface area (Å²) in [5.41, 5.74) is 12.7. The van der Waals surface area contributed by atoms with E-state index in [2.05, 4.69) is 20.5 Å². The molecule has 0 fully saturated rings. The molecule has 0 atom stereocenters. The Morgan fingerprint density at radius 3 is 2.05 bits per heavy atom. The fourth-order valence-electron chi connectivity index (χ4n) is 4.04. The summed E-state index contributed by atoms with van der Waals surface area (Å²) in [7, 11) is 3.97. The first-order valence-electron chi connectivity index (χ1n) is 11.6. The Morgan fingerprint density at radius 1 is 0.711 bits per heavy atom. The first-order chi connectivity index (χ1) is 17.5. The number of fused-ring (bicyclic) bond motifs is 1. The van der Waals surface area contributed by atoms with Crippen LogP contribution in [0, 0.1) is 0 Å². The Labute approximate surface area is 242 Å². The third-order valence-corrected chi connectivity index (χ3v) is 6.01. The molecule has 5 N–H and O–H groups in total. The van der Waals surface area contributed by atoms with Gasteiger partial charge in [-0.3, -0.25) is 4.79 Å². The number of nitrogens with one attached hydrogen (secondary N) is 3. The molecule has 0 saturated carbocycles. The van der Waals surface area contributed by atoms with Gasteiger partial charge in [-0.15, -0.1) is 0 Å². The largest absolute Gasteiger partial charge is 1.00 e. The molecule has 0 saturated heterocycles. The maximum absolute atomic E-state index is 13.0. The van der Waals surface area contributed by atoms with Crippen LogP contribution in [0.4, 0.5) is 34.1 Å². The first-order valence-corrected chi connectivity index (χ1v) is 11.6. The number of rotatable bonds is 6. The van der Waals surface area contributed by atoms with Crippen molar-refractivity contribution in [1.29, 1.82) is 0 Å². The highest BCUT2D eigenvalue weighted by Crippen LogP contribution is 2.27. The van der Waals surface area contributed by atoms with Crippen LogP contribution in [-0.2, 0) is 14.1 Å². The summed E-state index contributed by atoms with van der Waals surface area (Å²) in [6.45, 7) is 0. The van der Waals surface area contributed by atoms with Crippen LogP contribution >= 0.6 is 0 Å². The molecule has 0 aliphatic carbocycles. The van der Waals surface area contributed by atoms with Gasteiger partial charge in [0.1, 0.15) is 14.1 Å². The van der Waals surface area contributed by atoms with Crippen molar-refractivity contribution in [3.8, 4) is 0 Å². The number of carbonyl (C=O) groups excluding carboxylic acids is 1. The summed E-state index contributed by atoms with van der Waals surface area (Å²) < 4.78 is 4.02. The SMILES string of the molecule is C[n+]1ccc(Nc2ccccc2NC(=O)c2ccc(Nc3cc[n+](C)c4ccc(N)cc34)cc2)cc1.[Br-].[Br-]. The number of amides is 1. The zero-order valence-electron chi connectivity index (χ0n) is 21.0. The molecule has 5 rings (SSSR count). The van der Waals surface area contributed by atoms with Crippen molar-refractivity contribution in [2.75, 3.05) is 21.7 Å². The van der Waals surface area contributed by atoms with Crippen molar-refractivity contribution < 1.29 is 47.9 Å². The van der Waals surface area contributed by atoms with E-state index < -0.39 is 0 Å². The van der Waals surface area contributed by atoms with Crippen molar-refractivity contribution in [2.24, 2.45) is 14.1 Å². The molecule has 0 bridgehead atoms. The Kier molecular flexibility index (Phi) is 9.44. The average Bonchev–Trinajstić information content (AvgIpc) is 2.88. The molecule has 0 spiro atoms. The number of nitrogens with zero attached hydrogens (tertiary/aromatic N) is 2. The zero-order valence-corrected chi connectivity index (χ0v) is 24.1. The molecule has 2 heterocycles. The number of para-hydroxylation sites is 2. The highest BCUT2D eigenvalue weighted by molar-refractivity contribution is 6.06. The number of nitrogen functional groups attached to an aromatic ring is 1. The third-order valence-electron chi connectivity index (χ3n) is 6.01. The molecule has 0 aliphatic heterocycles. The summed E-state index contributed by atoms with van der Waals surface area (Å²) in [6.07, 6.45) is 5.93. The van der Waals surface area contributed by atoms with E-state index in [4.69, 9.17) is 5.73 Å². The van der Waals surface area contributed by atoms with Crippen molar-refractivity contribution in [2.45, 2.75) is 0 Å². The minimum absolute atomic E-state index is 0. The second-order valence-corrected chi connectivity index (χ2v) is 8.70. The highest BCUT2D eigenvalue weighted by Gasteiger charge is 2.12. The minimum Gasteiger partial charge on any atom is -1.00 e. The number of anilines is 6. The number of carbonyl (C=O) groups is 1. The molecule has 2 aromatic heterocycles. The second kappa shape index (κ2) is 12.5. The normalized spacial score (nSPS) is 10.2. The van der Waals surface area contributed by atoms with Gasteiger partial charge in [0.15, 0.2) is 18.6 Å². The summed E-state index contributed by atoms with van der Waals surface area (Å²) in [4.78, 5) is 13.0. The van der Waals surface area contributed by atoms with Crippen LogP contribution in [0.2, 0.25) is 0 Å². The van der Waals surface area contributed by atoms with Crippen LogP contribution in [0.1, 0.15) is 10.4 Å². The summed E-state index contributed by atoms with van der Waals surface area (Å²) in [5.74, 6) is -0.180. The van der Waals surface area contributed by atoms with Crippen LogP contribution in [0.5, 0.6) is 0 Å². The number of halogens is 2. The third kappa shape index (κ3) is 6.48. The molecule has 0 aliphatic rings. The standard InChI is InChI=1S/C29H26N6O.2BrH/c1-34-16-13-23(14-17-34)32-26-5-3-4-6-27(26)33-29(36)20-7-10-22(11-8-20)31-25-15-18-35(2)28-12-9-21(30)19-24(25)28;;/h3-19H,30H2,1-2H3,(H,33,36);2*1H. The molecule has 9 heteroatoms. The van der Waals surface area contributed by atoms with Crippen LogP contribution in [0.25, 0.3) is 10.9 Å². The molecule has 38 heavy (non-hydrogen) atoms. The van der Waals surface area contributed by atoms with E-state index in [9.17, 15) is 4.79 Å². The fourth-order valence-corrected chi connectivity index (χ4v) is 4.04. The molecular weight excluding hydrogens is 608 g/mol. The van der Waals surface area contributed by atoms with Crippen molar-refractivity contribution >= 4 is 50.9 Å². The van der Waals surface area contributed by atoms with Gasteiger partial charge >= 0.3 is 0 Å². The Bertz CT molecular complexity index is 1560. The van der Waals surface area contributed by atoms with Crippen molar-refractivity contribution in [1.82, 2.24) is 0 Å². The minimum atomic E-state index is -0.180. The lowest BCUT2D eigenvalue weighted by Gasteiger charge is -2.13. The van der Waals surface area contributed by atoms with Gasteiger partial charge in [0.2, 0.25) is 5.52 Å². The average molecular weight is 636 g/mol. The number of aromatic nitrogens is 2. The van der Waals surface area contributed by atoms with Crippen molar-refractivity contribution in [3.05, 3.63) is 109 Å². The van der Waals surface area contributed by atoms with Crippen LogP contribution < -0.4 is 64.8 Å². The number of benzene rings is 3. The van der Waals surface area contributed by atoms with Gasteiger partial charge in [-0.25, -0.2) is 9.13 Å². The predicted molar refractivity (Wildman–Crippen MR) is 145 cm³/mol. The predicted octanol–water partition coefficient (Wildman–Crippen LogP) is -1.18. The van der Waals surface area contributed by atoms with Gasteiger partial charge in [0.05, 0.1) is 28.1 Å². The number of aryl methyl sites for hydroxylation is 2. The molecule has 1 amide bonds. The topological polar surface area (TPSA) is 86.9 Å². The molecule has 0 radical (unpaired) electrons. The number of hydrogen-bond acceptors (Lipinski definition) is 4. The van der Waals surface area contributed by atoms with Gasteiger partial charge in [-0.1, -0.05) is 12.1 Å². The maximum atomic E-state index is 13.0. The number of nitrogens with two attached hydrogens (primary N) is 1. The van der Waals surface area contributed by atoms with E-state index in [-0.39, 0.29) is 39.9 Å². The Morgan fingerprint density at radius 2 is 1.34 bits per heavy atom. The van der Waals surface area contributed by atoms with Gasteiger partial charge in [0.25, 0.3) is 5.91 Å². The summed E-state index contributed by atoms with van der Waals surface area (Å²) >= 11 is 0. The number of hydrogen-bond donors (Lipinski definition) is 4. The van der Waals surface area contributed by atoms with Crippen molar-refractivity contribution in [3.63, 3.8) is 0 Å². The van der Waals surface area contributed by atoms with Crippen LogP contribution in [0.3, 0.4) is 0 Å². The molecule has 3 aromatic carbocycles. The molecule has 5 aromatic rings. The van der Waals surface area contributed by atoms with Gasteiger partial charge in [-0.2, -0.15) is 0 Å². The summed E-state index contributed by atoms with van der Waals surface area (Å²) in [6, 6.07) is 26.9. The smallest absolute Gasteiger partial charge is 0.255 e. The van der Waals surface area contributed by atoms with Gasteiger partial charge in [-0.05, 0) is 48.5 Å². The Hall–Kier alpha value is -3.95. The lowest BCUT2D eigenvalue weighted by atomic mass is 10.1. The van der Waals surface area contributed by atoms with Crippen LogP contribution in [-0.4, -0.2) is 5.91 Å². The molecule has 194 valence electrons. The Balaban J connectivity index is 0.00000200. The van der Waals surface area contributed by atoms with Crippen LogP contribution in [0.15, 0.2) is 104 Å². The second-order valence-electron chi connectivity index (χ2n) is 8.70. The van der Waals surface area contributed by atoms with Gasteiger partial charge < -0.3 is 55.6 Å². The van der Waals surface area contributed by atoms with Gasteiger partial charge in [0, 0.05) is 41.2 Å². The van der Waals surface area contributed by atoms with E-state index in [1.54, 1.807) is 0 Å². The van der Waals surface area contributed by atoms with E-state index >= 15 is 0 Å². The molecule has 0 unspecified atom stereocenters. The lowest BCUT2D eigenvalue weighted by Crippen LogP contribution is -3.00. The number of pyridine rings is 2. The van der Waals surface area contributed by atoms with E-state index in [1.165, 1.54) is 0 Å². The molecular formula is C29H28Br2N6O. The maximum Gasteiger partial charge on any atom is 0.255 e. The zero-order chi connectivity index (χ0) is 25.1. The highest BCUT2D eigenvalue weighted by atomic mass is 79.9. The van der Waals surface area contributed by atoms with E-state index in [0.29, 0.717) is 16.9 Å². The summed E-state index contributed by atoms with van der Waals surface area (Å²) in [5, 5.41) is 10.9.